The predicted molar refractivity (Wildman–Crippen MR) is 78.6 cm³/mol. The van der Waals surface area contributed by atoms with Gasteiger partial charge in [-0.05, 0) is 34.1 Å². The maximum atomic E-state index is 13.1. The summed E-state index contributed by atoms with van der Waals surface area (Å²) >= 11 is 9.86. The van der Waals surface area contributed by atoms with Crippen molar-refractivity contribution < 1.29 is 12.8 Å². The monoisotopic (exact) mass is 384 g/mol. The summed E-state index contributed by atoms with van der Waals surface area (Å²) in [5, 5.41) is 0.289. The zero-order chi connectivity index (χ0) is 14.2. The standard InChI is InChI=1S/C10H7BrClFN2O2S2/c11-10-6(12)4-9(18-10)19(16,17)15-8-3-5(13)1-2-7(8)14/h1-4,15H,14H2. The van der Waals surface area contributed by atoms with E-state index < -0.39 is 15.8 Å². The highest BCUT2D eigenvalue weighted by Gasteiger charge is 2.20. The largest absolute Gasteiger partial charge is 0.397 e. The summed E-state index contributed by atoms with van der Waals surface area (Å²) in [4.78, 5) is 0. The van der Waals surface area contributed by atoms with Crippen LogP contribution < -0.4 is 10.5 Å². The summed E-state index contributed by atoms with van der Waals surface area (Å²) < 4.78 is 40.0. The quantitative estimate of drug-likeness (QED) is 0.792. The number of benzene rings is 1. The Hall–Kier alpha value is -0.830. The van der Waals surface area contributed by atoms with Crippen molar-refractivity contribution in [3.8, 4) is 0 Å². The lowest BCUT2D eigenvalue weighted by Gasteiger charge is -2.08. The molecule has 19 heavy (non-hydrogen) atoms. The van der Waals surface area contributed by atoms with Crippen LogP contribution in [0.2, 0.25) is 5.02 Å². The molecule has 0 saturated carbocycles. The Kier molecular flexibility index (Phi) is 4.05. The van der Waals surface area contributed by atoms with Gasteiger partial charge in [-0.3, -0.25) is 4.72 Å². The second-order valence-corrected chi connectivity index (χ2v) is 8.21. The van der Waals surface area contributed by atoms with Gasteiger partial charge in [-0.25, -0.2) is 12.8 Å². The molecule has 0 atom stereocenters. The molecule has 3 N–H and O–H groups in total. The molecule has 0 spiro atoms. The number of rotatable bonds is 3. The van der Waals surface area contributed by atoms with Gasteiger partial charge in [-0.1, -0.05) is 11.6 Å². The molecule has 0 aliphatic heterocycles. The van der Waals surface area contributed by atoms with Crippen LogP contribution in [0, 0.1) is 5.82 Å². The molecule has 0 bridgehead atoms. The predicted octanol–water partition coefficient (Wildman–Crippen LogP) is 3.69. The minimum atomic E-state index is -3.85. The van der Waals surface area contributed by atoms with Crippen molar-refractivity contribution in [2.45, 2.75) is 4.21 Å². The van der Waals surface area contributed by atoms with Crippen LogP contribution in [-0.2, 0) is 10.0 Å². The molecule has 0 saturated heterocycles. The van der Waals surface area contributed by atoms with Gasteiger partial charge in [0.25, 0.3) is 10.0 Å². The number of sulfonamides is 1. The Morgan fingerprint density at radius 2 is 2.05 bits per heavy atom. The first-order chi connectivity index (χ1) is 8.79. The zero-order valence-electron chi connectivity index (χ0n) is 9.15. The minimum absolute atomic E-state index is 0.00744. The van der Waals surface area contributed by atoms with Gasteiger partial charge in [0.05, 0.1) is 20.2 Å². The highest BCUT2D eigenvalue weighted by Crippen LogP contribution is 2.35. The highest BCUT2D eigenvalue weighted by atomic mass is 79.9. The highest BCUT2D eigenvalue weighted by molar-refractivity contribution is 9.11. The molecule has 102 valence electrons. The van der Waals surface area contributed by atoms with Crippen molar-refractivity contribution in [1.29, 1.82) is 0 Å². The first kappa shape index (κ1) is 14.6. The summed E-state index contributed by atoms with van der Waals surface area (Å²) in [6, 6.07) is 4.74. The van der Waals surface area contributed by atoms with E-state index in [1.165, 1.54) is 12.1 Å². The molecule has 0 unspecified atom stereocenters. The third-order valence-electron chi connectivity index (χ3n) is 2.15. The molecular formula is C10H7BrClFN2O2S2. The number of nitrogen functional groups attached to an aromatic ring is 1. The Labute approximate surface area is 126 Å². The molecule has 0 aliphatic carbocycles. The Bertz CT molecular complexity index is 714. The van der Waals surface area contributed by atoms with Crippen molar-refractivity contribution in [3.63, 3.8) is 0 Å². The molecule has 2 rings (SSSR count). The number of nitrogens with two attached hydrogens (primary N) is 1. The van der Waals surface area contributed by atoms with Crippen LogP contribution in [0.1, 0.15) is 0 Å². The molecule has 1 aromatic carbocycles. The van der Waals surface area contributed by atoms with Crippen LogP contribution in [-0.4, -0.2) is 8.42 Å². The third-order valence-corrected chi connectivity index (χ3v) is 6.46. The van der Waals surface area contributed by atoms with Crippen LogP contribution in [0.4, 0.5) is 15.8 Å². The fourth-order valence-electron chi connectivity index (χ4n) is 1.27. The molecule has 0 aliphatic rings. The van der Waals surface area contributed by atoms with E-state index in [9.17, 15) is 12.8 Å². The van der Waals surface area contributed by atoms with Gasteiger partial charge in [-0.15, -0.1) is 11.3 Å². The van der Waals surface area contributed by atoms with Gasteiger partial charge < -0.3 is 5.73 Å². The van der Waals surface area contributed by atoms with E-state index in [2.05, 4.69) is 20.7 Å². The van der Waals surface area contributed by atoms with Crippen LogP contribution >= 0.6 is 38.9 Å². The first-order valence-corrected chi connectivity index (χ1v) is 8.29. The molecule has 0 radical (unpaired) electrons. The van der Waals surface area contributed by atoms with Gasteiger partial charge in [0, 0.05) is 6.07 Å². The lowest BCUT2D eigenvalue weighted by Crippen LogP contribution is -2.13. The first-order valence-electron chi connectivity index (χ1n) is 4.82. The van der Waals surface area contributed by atoms with Gasteiger partial charge in [0.15, 0.2) is 0 Å². The third kappa shape index (κ3) is 3.19. The number of hydrogen-bond acceptors (Lipinski definition) is 4. The molecular weight excluding hydrogens is 379 g/mol. The molecule has 1 heterocycles. The molecule has 4 nitrogen and oxygen atoms in total. The summed E-state index contributed by atoms with van der Waals surface area (Å²) in [6.45, 7) is 0. The Balaban J connectivity index is 2.39. The van der Waals surface area contributed by atoms with E-state index in [-0.39, 0.29) is 20.6 Å². The van der Waals surface area contributed by atoms with Crippen LogP contribution in [0.15, 0.2) is 32.3 Å². The van der Waals surface area contributed by atoms with E-state index in [0.29, 0.717) is 3.79 Å². The number of halogens is 3. The van der Waals surface area contributed by atoms with Crippen molar-refractivity contribution in [2.24, 2.45) is 0 Å². The normalized spacial score (nSPS) is 11.5. The Morgan fingerprint density at radius 3 is 2.63 bits per heavy atom. The molecule has 9 heteroatoms. The van der Waals surface area contributed by atoms with Crippen LogP contribution in [0.25, 0.3) is 0 Å². The maximum absolute atomic E-state index is 13.1. The van der Waals surface area contributed by atoms with Gasteiger partial charge in [-0.2, -0.15) is 0 Å². The average Bonchev–Trinajstić information content (AvgIpc) is 2.65. The lowest BCUT2D eigenvalue weighted by molar-refractivity contribution is 0.603. The van der Waals surface area contributed by atoms with Gasteiger partial charge in [0.2, 0.25) is 0 Å². The summed E-state index contributed by atoms with van der Waals surface area (Å²) in [6.07, 6.45) is 0. The second-order valence-electron chi connectivity index (χ2n) is 3.52. The average molecular weight is 386 g/mol. The summed E-state index contributed by atoms with van der Waals surface area (Å²) in [7, 11) is -3.85. The zero-order valence-corrected chi connectivity index (χ0v) is 13.1. The Morgan fingerprint density at radius 1 is 1.37 bits per heavy atom. The van der Waals surface area contributed by atoms with E-state index in [1.807, 2.05) is 0 Å². The number of hydrogen-bond donors (Lipinski definition) is 2. The number of nitrogens with one attached hydrogen (secondary N) is 1. The molecule has 2 aromatic rings. The number of thiophene rings is 1. The van der Waals surface area contributed by atoms with Gasteiger partial charge >= 0.3 is 0 Å². The number of anilines is 2. The summed E-state index contributed by atoms with van der Waals surface area (Å²) in [5.74, 6) is -0.586. The SMILES string of the molecule is Nc1ccc(F)cc1NS(=O)(=O)c1cc(Cl)c(Br)s1. The minimum Gasteiger partial charge on any atom is -0.397 e. The topological polar surface area (TPSA) is 72.2 Å². The maximum Gasteiger partial charge on any atom is 0.271 e. The molecule has 0 fully saturated rings. The molecule has 0 amide bonds. The van der Waals surface area contributed by atoms with Crippen LogP contribution in [0.5, 0.6) is 0 Å². The van der Waals surface area contributed by atoms with Crippen molar-refractivity contribution in [2.75, 3.05) is 10.5 Å². The van der Waals surface area contributed by atoms with E-state index in [4.69, 9.17) is 17.3 Å². The van der Waals surface area contributed by atoms with Crippen molar-refractivity contribution in [1.82, 2.24) is 0 Å². The van der Waals surface area contributed by atoms with E-state index >= 15 is 0 Å². The van der Waals surface area contributed by atoms with Gasteiger partial charge in [0.1, 0.15) is 10.0 Å². The van der Waals surface area contributed by atoms with Crippen molar-refractivity contribution >= 4 is 60.3 Å². The fourth-order valence-corrected chi connectivity index (χ4v) is 4.75. The van der Waals surface area contributed by atoms with Crippen LogP contribution in [0.3, 0.4) is 0 Å². The smallest absolute Gasteiger partial charge is 0.271 e. The second kappa shape index (κ2) is 5.28. The van der Waals surface area contributed by atoms with E-state index in [1.54, 1.807) is 0 Å². The fraction of sp³-hybridized carbons (Fsp3) is 0. The lowest BCUT2D eigenvalue weighted by atomic mass is 10.3. The van der Waals surface area contributed by atoms with Crippen molar-refractivity contribution in [3.05, 3.63) is 38.9 Å². The van der Waals surface area contributed by atoms with E-state index in [0.717, 1.165) is 23.5 Å². The summed E-state index contributed by atoms with van der Waals surface area (Å²) in [5.41, 5.74) is 5.70. The molecule has 1 aromatic heterocycles.